The second-order valence-corrected chi connectivity index (χ2v) is 8.49. The lowest BCUT2D eigenvalue weighted by Crippen LogP contribution is -2.46. The Balaban J connectivity index is 2.20. The number of phenols is 1. The topological polar surface area (TPSA) is 113 Å². The van der Waals surface area contributed by atoms with Gasteiger partial charge in [0.25, 0.3) is 5.91 Å². The lowest BCUT2D eigenvalue weighted by atomic mass is 10.2. The fourth-order valence-corrected chi connectivity index (χ4v) is 5.36. The van der Waals surface area contributed by atoms with Gasteiger partial charge in [-0.25, -0.2) is 8.42 Å². The van der Waals surface area contributed by atoms with Gasteiger partial charge in [0.05, 0.1) is 11.7 Å². The molecular weight excluding hydrogens is 364 g/mol. The molecule has 1 heterocycles. The highest BCUT2D eigenvalue weighted by Gasteiger charge is 2.27. The molecule has 0 aliphatic rings. The van der Waals surface area contributed by atoms with E-state index in [-0.39, 0.29) is 21.8 Å². The summed E-state index contributed by atoms with van der Waals surface area (Å²) >= 11 is 1.22. The number of hydrogen-bond acceptors (Lipinski definition) is 6. The summed E-state index contributed by atoms with van der Waals surface area (Å²) in [6.45, 7) is 4.73. The minimum Gasteiger partial charge on any atom is -0.507 e. The summed E-state index contributed by atoms with van der Waals surface area (Å²) in [6, 6.07) is 5.93. The highest BCUT2D eigenvalue weighted by Crippen LogP contribution is 2.30. The maximum atomic E-state index is 12.6. The van der Waals surface area contributed by atoms with Crippen LogP contribution in [0.5, 0.6) is 5.75 Å². The number of rotatable bonds is 6. The molecule has 0 spiro atoms. The maximum Gasteiger partial charge on any atom is 0.256 e. The first-order valence-corrected chi connectivity index (χ1v) is 9.63. The number of aldehydes is 1. The Hall–Kier alpha value is -2.23. The second-order valence-electron chi connectivity index (χ2n) is 5.41. The molecule has 1 amide bonds. The molecule has 1 atom stereocenters. The number of aryl methyl sites for hydroxylation is 2. The van der Waals surface area contributed by atoms with E-state index in [0.717, 1.165) is 0 Å². The monoisotopic (exact) mass is 382 g/mol. The molecule has 0 fully saturated rings. The summed E-state index contributed by atoms with van der Waals surface area (Å²) in [5.74, 6) is -0.829. The number of phenolic OH excluding ortho intramolecular Hbond substituents is 1. The second kappa shape index (κ2) is 7.34. The smallest absolute Gasteiger partial charge is 0.256 e. The first-order chi connectivity index (χ1) is 11.7. The molecule has 1 aromatic heterocycles. The van der Waals surface area contributed by atoms with Crippen molar-refractivity contribution in [1.29, 1.82) is 0 Å². The normalized spacial score (nSPS) is 12.6. The molecule has 0 aliphatic carbocycles. The molecular formula is C16H18N2O5S2. The predicted octanol–water partition coefficient (Wildman–Crippen LogP) is 1.94. The van der Waals surface area contributed by atoms with Crippen molar-refractivity contribution in [3.05, 3.63) is 45.1 Å². The summed E-state index contributed by atoms with van der Waals surface area (Å²) in [5, 5.41) is 12.1. The highest BCUT2D eigenvalue weighted by atomic mass is 32.2. The molecule has 0 bridgehead atoms. The third kappa shape index (κ3) is 4.06. The van der Waals surface area contributed by atoms with Gasteiger partial charge >= 0.3 is 0 Å². The lowest BCUT2D eigenvalue weighted by molar-refractivity contribution is 0.0935. The van der Waals surface area contributed by atoms with E-state index < -0.39 is 22.1 Å². The van der Waals surface area contributed by atoms with Crippen LogP contribution < -0.4 is 10.0 Å². The van der Waals surface area contributed by atoms with Gasteiger partial charge < -0.3 is 10.4 Å². The Morgan fingerprint density at radius 3 is 2.48 bits per heavy atom. The zero-order chi connectivity index (χ0) is 18.8. The third-order valence-corrected chi connectivity index (χ3v) is 6.36. The molecule has 2 rings (SSSR count). The number of thiophene rings is 1. The fourth-order valence-electron chi connectivity index (χ4n) is 2.41. The SMILES string of the molecule is Cc1sc(C)c(S(=O)(=O)NC(C)NC(=O)c2ccccc2O)c1C=O. The Bertz CT molecular complexity index is 919. The van der Waals surface area contributed by atoms with Gasteiger partial charge in [0.2, 0.25) is 10.0 Å². The number of amides is 1. The Kier molecular flexibility index (Phi) is 5.61. The van der Waals surface area contributed by atoms with E-state index in [1.807, 2.05) is 0 Å². The largest absolute Gasteiger partial charge is 0.507 e. The van der Waals surface area contributed by atoms with Crippen LogP contribution in [-0.2, 0) is 10.0 Å². The van der Waals surface area contributed by atoms with E-state index in [2.05, 4.69) is 10.0 Å². The molecule has 0 radical (unpaired) electrons. The molecule has 134 valence electrons. The number of carbonyl (C=O) groups excluding carboxylic acids is 2. The van der Waals surface area contributed by atoms with Gasteiger partial charge in [-0.1, -0.05) is 12.1 Å². The van der Waals surface area contributed by atoms with E-state index >= 15 is 0 Å². The Morgan fingerprint density at radius 1 is 1.24 bits per heavy atom. The summed E-state index contributed by atoms with van der Waals surface area (Å²) in [6.07, 6.45) is -0.435. The van der Waals surface area contributed by atoms with Crippen molar-refractivity contribution < 1.29 is 23.1 Å². The molecule has 7 nitrogen and oxygen atoms in total. The van der Waals surface area contributed by atoms with Crippen molar-refractivity contribution in [1.82, 2.24) is 10.0 Å². The molecule has 25 heavy (non-hydrogen) atoms. The van der Waals surface area contributed by atoms with Crippen LogP contribution in [0, 0.1) is 13.8 Å². The lowest BCUT2D eigenvalue weighted by Gasteiger charge is -2.16. The van der Waals surface area contributed by atoms with Crippen LogP contribution in [0.15, 0.2) is 29.2 Å². The van der Waals surface area contributed by atoms with Crippen LogP contribution in [0.2, 0.25) is 0 Å². The average molecular weight is 382 g/mol. The standard InChI is InChI=1S/C16H18N2O5S2/c1-9-13(8-19)15(10(2)24-9)25(22,23)18-11(3)17-16(21)12-6-4-5-7-14(12)20/h4-8,11,18,20H,1-3H3,(H,17,21). The minimum absolute atomic E-state index is 0.0321. The zero-order valence-corrected chi connectivity index (χ0v) is 15.5. The first-order valence-electron chi connectivity index (χ1n) is 7.33. The minimum atomic E-state index is -4.00. The predicted molar refractivity (Wildman–Crippen MR) is 94.5 cm³/mol. The van der Waals surface area contributed by atoms with Gasteiger partial charge in [0, 0.05) is 15.3 Å². The van der Waals surface area contributed by atoms with Crippen LogP contribution in [0.25, 0.3) is 0 Å². The van der Waals surface area contributed by atoms with E-state index in [9.17, 15) is 23.1 Å². The van der Waals surface area contributed by atoms with Crippen LogP contribution >= 0.6 is 11.3 Å². The Morgan fingerprint density at radius 2 is 1.88 bits per heavy atom. The van der Waals surface area contributed by atoms with Gasteiger partial charge in [-0.3, -0.25) is 9.59 Å². The summed E-state index contributed by atoms with van der Waals surface area (Å²) in [7, 11) is -4.00. The fraction of sp³-hybridized carbons (Fsp3) is 0.250. The number of benzene rings is 1. The molecule has 0 saturated heterocycles. The van der Waals surface area contributed by atoms with Crippen LogP contribution in [-0.4, -0.2) is 31.9 Å². The van der Waals surface area contributed by atoms with E-state index in [1.165, 1.54) is 30.4 Å². The molecule has 1 aromatic carbocycles. The van der Waals surface area contributed by atoms with Crippen LogP contribution in [0.3, 0.4) is 0 Å². The molecule has 9 heteroatoms. The number of aromatic hydroxyl groups is 1. The van der Waals surface area contributed by atoms with Gasteiger partial charge in [0.1, 0.15) is 10.6 Å². The van der Waals surface area contributed by atoms with Crippen molar-refractivity contribution in [3.8, 4) is 5.75 Å². The van der Waals surface area contributed by atoms with Gasteiger partial charge in [-0.05, 0) is 32.9 Å². The van der Waals surface area contributed by atoms with E-state index in [1.54, 1.807) is 26.0 Å². The van der Waals surface area contributed by atoms with E-state index in [0.29, 0.717) is 16.0 Å². The third-order valence-electron chi connectivity index (χ3n) is 3.46. The summed E-state index contributed by atoms with van der Waals surface area (Å²) < 4.78 is 27.5. The van der Waals surface area contributed by atoms with Crippen molar-refractivity contribution in [2.75, 3.05) is 0 Å². The average Bonchev–Trinajstić information content (AvgIpc) is 2.81. The number of sulfonamides is 1. The molecule has 3 N–H and O–H groups in total. The van der Waals surface area contributed by atoms with Crippen LogP contribution in [0.1, 0.15) is 37.4 Å². The Labute approximate surface area is 149 Å². The molecule has 2 aromatic rings. The molecule has 0 aliphatic heterocycles. The number of para-hydroxylation sites is 1. The maximum absolute atomic E-state index is 12.6. The highest BCUT2D eigenvalue weighted by molar-refractivity contribution is 7.89. The summed E-state index contributed by atoms with van der Waals surface area (Å²) in [4.78, 5) is 24.4. The van der Waals surface area contributed by atoms with E-state index in [4.69, 9.17) is 0 Å². The number of nitrogens with one attached hydrogen (secondary N) is 2. The van der Waals surface area contributed by atoms with Gasteiger partial charge in [-0.15, -0.1) is 11.3 Å². The van der Waals surface area contributed by atoms with Gasteiger partial charge in [-0.2, -0.15) is 4.72 Å². The zero-order valence-electron chi connectivity index (χ0n) is 13.9. The summed E-state index contributed by atoms with van der Waals surface area (Å²) in [5.41, 5.74) is 0.152. The number of carbonyl (C=O) groups is 2. The van der Waals surface area contributed by atoms with Crippen molar-refractivity contribution in [3.63, 3.8) is 0 Å². The van der Waals surface area contributed by atoms with Crippen LogP contribution in [0.4, 0.5) is 0 Å². The first kappa shape index (κ1) is 19.1. The van der Waals surface area contributed by atoms with Crippen molar-refractivity contribution in [2.24, 2.45) is 0 Å². The van der Waals surface area contributed by atoms with Crippen molar-refractivity contribution >= 4 is 33.6 Å². The molecule has 1 unspecified atom stereocenters. The van der Waals surface area contributed by atoms with Gasteiger partial charge in [0.15, 0.2) is 6.29 Å². The quantitative estimate of drug-likeness (QED) is 0.522. The van der Waals surface area contributed by atoms with Crippen molar-refractivity contribution in [2.45, 2.75) is 31.8 Å². The molecule has 0 saturated carbocycles. The number of hydrogen-bond donors (Lipinski definition) is 3.